The van der Waals surface area contributed by atoms with E-state index in [0.717, 1.165) is 12.2 Å². The van der Waals surface area contributed by atoms with Gasteiger partial charge in [-0.3, -0.25) is 9.59 Å². The summed E-state index contributed by atoms with van der Waals surface area (Å²) in [4.78, 5) is 21.6. The van der Waals surface area contributed by atoms with E-state index in [9.17, 15) is 9.59 Å². The van der Waals surface area contributed by atoms with Crippen LogP contribution in [-0.2, 0) is 14.3 Å². The van der Waals surface area contributed by atoms with Gasteiger partial charge in [0.15, 0.2) is 5.92 Å². The Hall–Kier alpha value is -2.30. The molecule has 1 atom stereocenters. The standard InChI is InChI=1S/C18H22O5/c1-12-5-6-13-10-14(7-8-18(13,2)11-12)23-9-3-4-15(16(19)20)17(21)22/h5-8,10,15H,3-4,9,11H2,1-2H3,(H,19,20)(H,21,22). The van der Waals surface area contributed by atoms with Gasteiger partial charge in [-0.05, 0) is 43.9 Å². The third-order valence-electron chi connectivity index (χ3n) is 4.27. The molecule has 0 aromatic rings. The fourth-order valence-corrected chi connectivity index (χ4v) is 2.92. The van der Waals surface area contributed by atoms with Crippen LogP contribution < -0.4 is 0 Å². The number of hydrogen-bond donors (Lipinski definition) is 2. The molecule has 124 valence electrons. The number of carboxylic acid groups (broad SMARTS) is 2. The van der Waals surface area contributed by atoms with Gasteiger partial charge in [0.25, 0.3) is 0 Å². The first kappa shape index (κ1) is 17.1. The quantitative estimate of drug-likeness (QED) is 0.556. The summed E-state index contributed by atoms with van der Waals surface area (Å²) in [6.07, 6.45) is 11.7. The molecule has 2 N–H and O–H groups in total. The Morgan fingerprint density at radius 2 is 2.00 bits per heavy atom. The summed E-state index contributed by atoms with van der Waals surface area (Å²) in [5, 5.41) is 17.6. The molecule has 2 rings (SSSR count). The first-order chi connectivity index (χ1) is 10.8. The van der Waals surface area contributed by atoms with Gasteiger partial charge in [0, 0.05) is 5.41 Å². The van der Waals surface area contributed by atoms with Crippen LogP contribution in [0.5, 0.6) is 0 Å². The molecule has 2 aliphatic rings. The van der Waals surface area contributed by atoms with Crippen LogP contribution in [0.4, 0.5) is 0 Å². The molecular weight excluding hydrogens is 296 g/mol. The van der Waals surface area contributed by atoms with E-state index in [2.05, 4.69) is 32.1 Å². The van der Waals surface area contributed by atoms with Crippen LogP contribution in [0.15, 0.2) is 47.3 Å². The largest absolute Gasteiger partial charge is 0.494 e. The summed E-state index contributed by atoms with van der Waals surface area (Å²) in [7, 11) is 0. The molecule has 0 aromatic heterocycles. The minimum absolute atomic E-state index is 0.00338. The Bertz CT molecular complexity index is 609. The number of fused-ring (bicyclic) bond motifs is 1. The van der Waals surface area contributed by atoms with Crippen LogP contribution in [0, 0.1) is 11.3 Å². The Kier molecular flexibility index (Phi) is 5.08. The maximum absolute atomic E-state index is 10.8. The first-order valence-corrected chi connectivity index (χ1v) is 7.69. The van der Waals surface area contributed by atoms with Crippen LogP contribution in [0.25, 0.3) is 0 Å². The monoisotopic (exact) mass is 318 g/mol. The number of aliphatic carboxylic acids is 2. The summed E-state index contributed by atoms with van der Waals surface area (Å²) in [6, 6.07) is 0. The van der Waals surface area contributed by atoms with Crippen molar-refractivity contribution in [1.29, 1.82) is 0 Å². The molecule has 1 unspecified atom stereocenters. The molecule has 5 nitrogen and oxygen atoms in total. The summed E-state index contributed by atoms with van der Waals surface area (Å²) < 4.78 is 5.64. The summed E-state index contributed by atoms with van der Waals surface area (Å²) in [5.41, 5.74) is 2.53. The molecule has 0 heterocycles. The van der Waals surface area contributed by atoms with Crippen LogP contribution in [0.1, 0.15) is 33.1 Å². The minimum atomic E-state index is -1.37. The van der Waals surface area contributed by atoms with Crippen molar-refractivity contribution < 1.29 is 24.5 Å². The average molecular weight is 318 g/mol. The fraction of sp³-hybridized carbons (Fsp3) is 0.444. The van der Waals surface area contributed by atoms with Gasteiger partial charge in [-0.2, -0.15) is 0 Å². The molecule has 0 bridgehead atoms. The lowest BCUT2D eigenvalue weighted by Gasteiger charge is -2.33. The molecule has 5 heteroatoms. The number of rotatable bonds is 7. The van der Waals surface area contributed by atoms with Crippen LogP contribution in [-0.4, -0.2) is 28.8 Å². The maximum atomic E-state index is 10.8. The van der Waals surface area contributed by atoms with Crippen LogP contribution in [0.3, 0.4) is 0 Å². The highest BCUT2D eigenvalue weighted by atomic mass is 16.5. The lowest BCUT2D eigenvalue weighted by atomic mass is 9.72. The number of allylic oxidation sites excluding steroid dienone is 7. The second-order valence-electron chi connectivity index (χ2n) is 6.33. The van der Waals surface area contributed by atoms with Crippen molar-refractivity contribution >= 4 is 11.9 Å². The van der Waals surface area contributed by atoms with Gasteiger partial charge in [-0.15, -0.1) is 0 Å². The Balaban J connectivity index is 1.88. The van der Waals surface area contributed by atoms with Gasteiger partial charge in [0.05, 0.1) is 6.61 Å². The predicted molar refractivity (Wildman–Crippen MR) is 85.7 cm³/mol. The molecule has 0 saturated heterocycles. The second kappa shape index (κ2) is 6.86. The SMILES string of the molecule is CC1=CC=C2C=C(OCCCC(C(=O)O)C(=O)O)C=CC2(C)C1. The van der Waals surface area contributed by atoms with E-state index in [1.165, 1.54) is 11.1 Å². The van der Waals surface area contributed by atoms with Gasteiger partial charge in [0.2, 0.25) is 0 Å². The molecule has 2 aliphatic carbocycles. The van der Waals surface area contributed by atoms with Crippen LogP contribution in [0.2, 0.25) is 0 Å². The third kappa shape index (κ3) is 4.12. The van der Waals surface area contributed by atoms with Gasteiger partial charge >= 0.3 is 11.9 Å². The molecular formula is C18H22O5. The molecule has 0 aromatic carbocycles. The number of hydrogen-bond acceptors (Lipinski definition) is 3. The van der Waals surface area contributed by atoms with E-state index in [1.807, 2.05) is 12.2 Å². The van der Waals surface area contributed by atoms with E-state index >= 15 is 0 Å². The highest BCUT2D eigenvalue weighted by Gasteiger charge is 2.30. The van der Waals surface area contributed by atoms with E-state index in [1.54, 1.807) is 0 Å². The molecule has 0 saturated carbocycles. The zero-order valence-electron chi connectivity index (χ0n) is 13.4. The van der Waals surface area contributed by atoms with Crippen molar-refractivity contribution in [1.82, 2.24) is 0 Å². The third-order valence-corrected chi connectivity index (χ3v) is 4.27. The number of carboxylic acids is 2. The van der Waals surface area contributed by atoms with Crippen molar-refractivity contribution in [2.75, 3.05) is 6.61 Å². The predicted octanol–water partition coefficient (Wildman–Crippen LogP) is 3.31. The minimum Gasteiger partial charge on any atom is -0.494 e. The van der Waals surface area contributed by atoms with Gasteiger partial charge in [0.1, 0.15) is 5.76 Å². The molecule has 0 radical (unpaired) electrons. The molecule has 0 aliphatic heterocycles. The van der Waals surface area contributed by atoms with Crippen molar-refractivity contribution in [3.63, 3.8) is 0 Å². The first-order valence-electron chi connectivity index (χ1n) is 7.69. The number of ether oxygens (including phenoxy) is 1. The fourth-order valence-electron chi connectivity index (χ4n) is 2.92. The Morgan fingerprint density at radius 1 is 1.30 bits per heavy atom. The maximum Gasteiger partial charge on any atom is 0.317 e. The second-order valence-corrected chi connectivity index (χ2v) is 6.33. The highest BCUT2D eigenvalue weighted by Crippen LogP contribution is 2.42. The molecule has 0 amide bonds. The smallest absolute Gasteiger partial charge is 0.317 e. The highest BCUT2D eigenvalue weighted by molar-refractivity contribution is 5.92. The van der Waals surface area contributed by atoms with Crippen molar-refractivity contribution in [3.05, 3.63) is 47.3 Å². The van der Waals surface area contributed by atoms with Crippen LogP contribution >= 0.6 is 0 Å². The van der Waals surface area contributed by atoms with E-state index in [4.69, 9.17) is 14.9 Å². The zero-order chi connectivity index (χ0) is 17.0. The molecule has 0 fully saturated rings. The van der Waals surface area contributed by atoms with E-state index < -0.39 is 17.9 Å². The summed E-state index contributed by atoms with van der Waals surface area (Å²) in [5.74, 6) is -3.25. The summed E-state index contributed by atoms with van der Waals surface area (Å²) in [6.45, 7) is 4.60. The Morgan fingerprint density at radius 3 is 2.65 bits per heavy atom. The molecule has 23 heavy (non-hydrogen) atoms. The average Bonchev–Trinajstić information content (AvgIpc) is 2.46. The lowest BCUT2D eigenvalue weighted by Crippen LogP contribution is -2.23. The van der Waals surface area contributed by atoms with Crippen molar-refractivity contribution in [3.8, 4) is 0 Å². The van der Waals surface area contributed by atoms with E-state index in [0.29, 0.717) is 13.0 Å². The Labute approximate surface area is 135 Å². The zero-order valence-corrected chi connectivity index (χ0v) is 13.4. The van der Waals surface area contributed by atoms with E-state index in [-0.39, 0.29) is 11.8 Å². The van der Waals surface area contributed by atoms with Crippen molar-refractivity contribution in [2.45, 2.75) is 33.1 Å². The normalized spacial score (nSPS) is 22.8. The topological polar surface area (TPSA) is 83.8 Å². The summed E-state index contributed by atoms with van der Waals surface area (Å²) >= 11 is 0. The number of carbonyl (C=O) groups is 2. The van der Waals surface area contributed by atoms with Crippen molar-refractivity contribution in [2.24, 2.45) is 11.3 Å². The van der Waals surface area contributed by atoms with Gasteiger partial charge in [-0.1, -0.05) is 30.7 Å². The van der Waals surface area contributed by atoms with Gasteiger partial charge in [-0.25, -0.2) is 0 Å². The van der Waals surface area contributed by atoms with Gasteiger partial charge < -0.3 is 14.9 Å². The molecule has 0 spiro atoms. The lowest BCUT2D eigenvalue weighted by molar-refractivity contribution is -0.154.